The van der Waals surface area contributed by atoms with Crippen molar-refractivity contribution in [2.24, 2.45) is 5.41 Å². The zero-order valence-corrected chi connectivity index (χ0v) is 11.1. The molecule has 1 aromatic heterocycles. The van der Waals surface area contributed by atoms with Crippen LogP contribution in [-0.2, 0) is 0 Å². The van der Waals surface area contributed by atoms with Crippen LogP contribution in [0.3, 0.4) is 0 Å². The minimum absolute atomic E-state index is 0.522. The van der Waals surface area contributed by atoms with Crippen LogP contribution in [0.25, 0.3) is 0 Å². The Morgan fingerprint density at radius 1 is 1.40 bits per heavy atom. The molecule has 0 saturated heterocycles. The van der Waals surface area contributed by atoms with Gasteiger partial charge in [-0.1, -0.05) is 13.8 Å². The molecule has 0 unspecified atom stereocenters. The molecular weight excluding hydrogens is 252 g/mol. The molecule has 0 aliphatic heterocycles. The lowest BCUT2D eigenvalue weighted by atomic mass is 9.68. The van der Waals surface area contributed by atoms with Gasteiger partial charge in [0, 0.05) is 23.8 Å². The number of anilines is 1. The summed E-state index contributed by atoms with van der Waals surface area (Å²) < 4.78 is 1.04. The second-order valence-electron chi connectivity index (χ2n) is 5.17. The van der Waals surface area contributed by atoms with E-state index in [-0.39, 0.29) is 0 Å². The Bertz CT molecular complexity index is 337. The van der Waals surface area contributed by atoms with E-state index in [0.717, 1.165) is 10.3 Å². The van der Waals surface area contributed by atoms with Gasteiger partial charge in [-0.05, 0) is 46.3 Å². The standard InChI is InChI=1S/C12H17BrN2/c1-12(2)6-10(7-12)15(3)11-5-4-9(13)8-14-11/h4-5,8,10H,6-7H2,1-3H3. The van der Waals surface area contributed by atoms with Gasteiger partial charge < -0.3 is 4.90 Å². The van der Waals surface area contributed by atoms with E-state index < -0.39 is 0 Å². The lowest BCUT2D eigenvalue weighted by Crippen LogP contribution is -2.47. The number of hydrogen-bond acceptors (Lipinski definition) is 2. The van der Waals surface area contributed by atoms with Crippen molar-refractivity contribution >= 4 is 21.7 Å². The van der Waals surface area contributed by atoms with Gasteiger partial charge in [0.05, 0.1) is 0 Å². The summed E-state index contributed by atoms with van der Waals surface area (Å²) >= 11 is 3.40. The van der Waals surface area contributed by atoms with Crippen LogP contribution in [0.15, 0.2) is 22.8 Å². The maximum atomic E-state index is 4.41. The normalized spacial score (nSPS) is 19.7. The summed E-state index contributed by atoms with van der Waals surface area (Å²) in [6.45, 7) is 4.65. The quantitative estimate of drug-likeness (QED) is 0.817. The van der Waals surface area contributed by atoms with E-state index in [2.05, 4.69) is 52.8 Å². The highest BCUT2D eigenvalue weighted by Gasteiger charge is 2.38. The molecule has 1 aliphatic rings. The van der Waals surface area contributed by atoms with Gasteiger partial charge in [0.2, 0.25) is 0 Å². The number of nitrogens with zero attached hydrogens (tertiary/aromatic N) is 2. The Morgan fingerprint density at radius 3 is 2.53 bits per heavy atom. The number of aromatic nitrogens is 1. The molecule has 82 valence electrons. The largest absolute Gasteiger partial charge is 0.357 e. The predicted molar refractivity (Wildman–Crippen MR) is 67.1 cm³/mol. The lowest BCUT2D eigenvalue weighted by Gasteiger charge is -2.47. The van der Waals surface area contributed by atoms with Crippen molar-refractivity contribution in [1.82, 2.24) is 4.98 Å². The fourth-order valence-corrected chi connectivity index (χ4v) is 2.49. The molecule has 0 aromatic carbocycles. The second-order valence-corrected chi connectivity index (χ2v) is 6.09. The Balaban J connectivity index is 2.03. The summed E-state index contributed by atoms with van der Waals surface area (Å²) in [5.74, 6) is 1.07. The highest BCUT2D eigenvalue weighted by Crippen LogP contribution is 2.43. The van der Waals surface area contributed by atoms with Gasteiger partial charge in [-0.2, -0.15) is 0 Å². The first-order valence-corrected chi connectivity index (χ1v) is 6.12. The lowest BCUT2D eigenvalue weighted by molar-refractivity contribution is 0.150. The van der Waals surface area contributed by atoms with Crippen LogP contribution in [0.5, 0.6) is 0 Å². The molecule has 0 N–H and O–H groups in total. The molecule has 2 rings (SSSR count). The van der Waals surface area contributed by atoms with Gasteiger partial charge in [0.1, 0.15) is 5.82 Å². The zero-order chi connectivity index (χ0) is 11.1. The average Bonchev–Trinajstić information content (AvgIpc) is 2.14. The molecule has 0 bridgehead atoms. The zero-order valence-electron chi connectivity index (χ0n) is 9.50. The molecule has 0 radical (unpaired) electrons. The summed E-state index contributed by atoms with van der Waals surface area (Å²) in [5.41, 5.74) is 0.522. The molecule has 1 fully saturated rings. The highest BCUT2D eigenvalue weighted by atomic mass is 79.9. The summed E-state index contributed by atoms with van der Waals surface area (Å²) in [4.78, 5) is 6.70. The molecule has 0 spiro atoms. The van der Waals surface area contributed by atoms with Crippen molar-refractivity contribution in [3.63, 3.8) is 0 Å². The van der Waals surface area contributed by atoms with Crippen molar-refractivity contribution in [3.05, 3.63) is 22.8 Å². The summed E-state index contributed by atoms with van der Waals surface area (Å²) in [5, 5.41) is 0. The molecule has 1 aromatic rings. The predicted octanol–water partition coefficient (Wildman–Crippen LogP) is 3.47. The first kappa shape index (κ1) is 10.9. The summed E-state index contributed by atoms with van der Waals surface area (Å²) in [6, 6.07) is 4.77. The van der Waals surface area contributed by atoms with Gasteiger partial charge in [0.15, 0.2) is 0 Å². The number of halogens is 1. The van der Waals surface area contributed by atoms with Crippen LogP contribution in [0.1, 0.15) is 26.7 Å². The molecule has 1 heterocycles. The smallest absolute Gasteiger partial charge is 0.128 e. The fourth-order valence-electron chi connectivity index (χ4n) is 2.25. The molecule has 3 heteroatoms. The van der Waals surface area contributed by atoms with Crippen molar-refractivity contribution < 1.29 is 0 Å². The number of hydrogen-bond donors (Lipinski definition) is 0. The molecular formula is C12H17BrN2. The van der Waals surface area contributed by atoms with Gasteiger partial charge in [0.25, 0.3) is 0 Å². The minimum atomic E-state index is 0.522. The summed E-state index contributed by atoms with van der Waals surface area (Å²) in [7, 11) is 2.14. The van der Waals surface area contributed by atoms with Crippen LogP contribution in [0.2, 0.25) is 0 Å². The van der Waals surface area contributed by atoms with Crippen molar-refractivity contribution in [2.45, 2.75) is 32.7 Å². The van der Waals surface area contributed by atoms with E-state index in [9.17, 15) is 0 Å². The van der Waals surface area contributed by atoms with E-state index in [0.29, 0.717) is 11.5 Å². The monoisotopic (exact) mass is 268 g/mol. The van der Waals surface area contributed by atoms with E-state index in [1.807, 2.05) is 12.3 Å². The first-order chi connectivity index (χ1) is 6.98. The molecule has 0 amide bonds. The maximum absolute atomic E-state index is 4.41. The maximum Gasteiger partial charge on any atom is 0.128 e. The topological polar surface area (TPSA) is 16.1 Å². The van der Waals surface area contributed by atoms with Crippen molar-refractivity contribution in [2.75, 3.05) is 11.9 Å². The van der Waals surface area contributed by atoms with Crippen molar-refractivity contribution in [1.29, 1.82) is 0 Å². The average molecular weight is 269 g/mol. The van der Waals surface area contributed by atoms with Gasteiger partial charge in [-0.25, -0.2) is 4.98 Å². The van der Waals surface area contributed by atoms with Crippen LogP contribution < -0.4 is 4.90 Å². The Labute approximate surface area is 99.8 Å². The first-order valence-electron chi connectivity index (χ1n) is 5.32. The Kier molecular flexibility index (Phi) is 2.75. The number of pyridine rings is 1. The third-order valence-electron chi connectivity index (χ3n) is 3.20. The summed E-state index contributed by atoms with van der Waals surface area (Å²) in [6.07, 6.45) is 4.39. The van der Waals surface area contributed by atoms with Crippen LogP contribution >= 0.6 is 15.9 Å². The van der Waals surface area contributed by atoms with Crippen LogP contribution in [0, 0.1) is 5.41 Å². The van der Waals surface area contributed by atoms with Crippen molar-refractivity contribution in [3.8, 4) is 0 Å². The third kappa shape index (κ3) is 2.33. The van der Waals surface area contributed by atoms with Gasteiger partial charge >= 0.3 is 0 Å². The fraction of sp³-hybridized carbons (Fsp3) is 0.583. The van der Waals surface area contributed by atoms with E-state index in [1.54, 1.807) is 0 Å². The third-order valence-corrected chi connectivity index (χ3v) is 3.67. The van der Waals surface area contributed by atoms with E-state index in [4.69, 9.17) is 0 Å². The Morgan fingerprint density at radius 2 is 2.07 bits per heavy atom. The SMILES string of the molecule is CN(c1ccc(Br)cn1)C1CC(C)(C)C1. The number of rotatable bonds is 2. The van der Waals surface area contributed by atoms with Gasteiger partial charge in [-0.3, -0.25) is 0 Å². The second kappa shape index (κ2) is 3.78. The molecule has 2 nitrogen and oxygen atoms in total. The highest BCUT2D eigenvalue weighted by molar-refractivity contribution is 9.10. The van der Waals surface area contributed by atoms with E-state index >= 15 is 0 Å². The molecule has 0 atom stereocenters. The van der Waals surface area contributed by atoms with Gasteiger partial charge in [-0.15, -0.1) is 0 Å². The molecule has 15 heavy (non-hydrogen) atoms. The van der Waals surface area contributed by atoms with E-state index in [1.165, 1.54) is 12.8 Å². The molecule has 1 saturated carbocycles. The molecule has 1 aliphatic carbocycles. The van der Waals surface area contributed by atoms with Crippen LogP contribution in [0.4, 0.5) is 5.82 Å². The minimum Gasteiger partial charge on any atom is -0.357 e. The van der Waals surface area contributed by atoms with Crippen LogP contribution in [-0.4, -0.2) is 18.1 Å². The Hall–Kier alpha value is -0.570.